The van der Waals surface area contributed by atoms with E-state index in [1.165, 1.54) is 0 Å². The van der Waals surface area contributed by atoms with Gasteiger partial charge in [0, 0.05) is 10.5 Å². The van der Waals surface area contributed by atoms with Crippen LogP contribution in [-0.2, 0) is 4.79 Å². The molecule has 0 saturated heterocycles. The Morgan fingerprint density at radius 3 is 2.53 bits per heavy atom. The van der Waals surface area contributed by atoms with Crippen molar-refractivity contribution < 1.29 is 9.53 Å². The largest absolute Gasteiger partial charge is 0.497 e. The van der Waals surface area contributed by atoms with Gasteiger partial charge >= 0.3 is 0 Å². The smallest absolute Gasteiger partial charge is 0.143 e. The molecule has 86 valence electrons. The summed E-state index contributed by atoms with van der Waals surface area (Å²) in [6.45, 7) is 0. The standard InChI is InChI=1S/C14H12O2S/c1-16-12-6-4-11(5-7-12)13(8-9-15)14-3-2-10-17-14/h2-10H,1H3/b13-8-. The van der Waals surface area contributed by atoms with Gasteiger partial charge in [0.05, 0.1) is 7.11 Å². The molecule has 0 radical (unpaired) electrons. The molecule has 0 aliphatic heterocycles. The molecule has 0 atom stereocenters. The SMILES string of the molecule is COc1ccc(/C(=C/C=O)c2cccs2)cc1. The van der Waals surface area contributed by atoms with E-state index in [2.05, 4.69) is 0 Å². The highest BCUT2D eigenvalue weighted by molar-refractivity contribution is 7.11. The molecule has 0 N–H and O–H groups in total. The van der Waals surface area contributed by atoms with E-state index in [1.54, 1.807) is 24.5 Å². The predicted octanol–water partition coefficient (Wildman–Crippen LogP) is 3.39. The molecule has 2 aromatic rings. The fourth-order valence-electron chi connectivity index (χ4n) is 1.59. The average molecular weight is 244 g/mol. The topological polar surface area (TPSA) is 26.3 Å². The summed E-state index contributed by atoms with van der Waals surface area (Å²) in [5.41, 5.74) is 1.96. The van der Waals surface area contributed by atoms with Crippen molar-refractivity contribution in [3.05, 3.63) is 58.3 Å². The van der Waals surface area contributed by atoms with E-state index >= 15 is 0 Å². The molecule has 0 amide bonds. The number of allylic oxidation sites excluding steroid dienone is 1. The summed E-state index contributed by atoms with van der Waals surface area (Å²) in [6.07, 6.45) is 2.41. The number of carbonyl (C=O) groups is 1. The maximum absolute atomic E-state index is 10.7. The van der Waals surface area contributed by atoms with Crippen LogP contribution in [0.5, 0.6) is 5.75 Å². The first kappa shape index (κ1) is 11.6. The Hall–Kier alpha value is -1.87. The molecule has 0 saturated carbocycles. The minimum atomic E-state index is 0.811. The maximum Gasteiger partial charge on any atom is 0.143 e. The van der Waals surface area contributed by atoms with Gasteiger partial charge in [0.2, 0.25) is 0 Å². The van der Waals surface area contributed by atoms with Crippen LogP contribution in [0.25, 0.3) is 5.57 Å². The van der Waals surface area contributed by atoms with Gasteiger partial charge in [-0.1, -0.05) is 18.2 Å². The normalized spacial score (nSPS) is 11.2. The first-order valence-electron chi connectivity index (χ1n) is 5.19. The summed E-state index contributed by atoms with van der Waals surface area (Å²) in [5, 5.41) is 2.00. The quantitative estimate of drug-likeness (QED) is 0.608. The molecule has 0 aliphatic carbocycles. The Bertz CT molecular complexity index is 510. The zero-order valence-corrected chi connectivity index (χ0v) is 10.2. The summed E-state index contributed by atoms with van der Waals surface area (Å²) < 4.78 is 5.11. The van der Waals surface area contributed by atoms with Gasteiger partial charge < -0.3 is 4.74 Å². The summed E-state index contributed by atoms with van der Waals surface area (Å²) in [5.74, 6) is 0.811. The summed E-state index contributed by atoms with van der Waals surface area (Å²) in [6, 6.07) is 11.7. The number of hydrogen-bond donors (Lipinski definition) is 0. The molecule has 0 spiro atoms. The minimum absolute atomic E-state index is 0.811. The minimum Gasteiger partial charge on any atom is -0.497 e. The van der Waals surface area contributed by atoms with E-state index in [-0.39, 0.29) is 0 Å². The number of thiophene rings is 1. The van der Waals surface area contributed by atoms with Crippen molar-refractivity contribution >= 4 is 23.2 Å². The lowest BCUT2D eigenvalue weighted by molar-refractivity contribution is -0.104. The fraction of sp³-hybridized carbons (Fsp3) is 0.0714. The molecule has 0 bridgehead atoms. The van der Waals surface area contributed by atoms with Crippen LogP contribution in [0.15, 0.2) is 47.9 Å². The molecule has 1 aromatic carbocycles. The Labute approximate surface area is 104 Å². The molecule has 2 nitrogen and oxygen atoms in total. The highest BCUT2D eigenvalue weighted by Gasteiger charge is 2.05. The van der Waals surface area contributed by atoms with Gasteiger partial charge in [0.25, 0.3) is 0 Å². The van der Waals surface area contributed by atoms with Crippen molar-refractivity contribution in [2.75, 3.05) is 7.11 Å². The second kappa shape index (κ2) is 5.46. The lowest BCUT2D eigenvalue weighted by atomic mass is 10.0. The molecule has 3 heteroatoms. The Morgan fingerprint density at radius 1 is 1.24 bits per heavy atom. The third-order valence-electron chi connectivity index (χ3n) is 2.42. The third kappa shape index (κ3) is 2.63. The predicted molar refractivity (Wildman–Crippen MR) is 70.5 cm³/mol. The molecule has 0 aliphatic rings. The summed E-state index contributed by atoms with van der Waals surface area (Å²) >= 11 is 1.62. The molecule has 0 unspecified atom stereocenters. The summed E-state index contributed by atoms with van der Waals surface area (Å²) in [7, 11) is 1.64. The molecule has 0 fully saturated rings. The number of aldehydes is 1. The Morgan fingerprint density at radius 2 is 2.00 bits per heavy atom. The average Bonchev–Trinajstić information content (AvgIpc) is 2.90. The molecule has 1 aromatic heterocycles. The first-order valence-corrected chi connectivity index (χ1v) is 6.07. The van der Waals surface area contributed by atoms with E-state index in [1.807, 2.05) is 41.8 Å². The van der Waals surface area contributed by atoms with E-state index in [9.17, 15) is 4.79 Å². The highest BCUT2D eigenvalue weighted by Crippen LogP contribution is 2.27. The van der Waals surface area contributed by atoms with Gasteiger partial charge in [-0.2, -0.15) is 0 Å². The van der Waals surface area contributed by atoms with Gasteiger partial charge in [0.1, 0.15) is 12.0 Å². The maximum atomic E-state index is 10.7. The van der Waals surface area contributed by atoms with Crippen molar-refractivity contribution in [1.29, 1.82) is 0 Å². The van der Waals surface area contributed by atoms with E-state index in [4.69, 9.17) is 4.74 Å². The number of benzene rings is 1. The van der Waals surface area contributed by atoms with Crippen LogP contribution in [0.1, 0.15) is 10.4 Å². The van der Waals surface area contributed by atoms with E-state index < -0.39 is 0 Å². The van der Waals surface area contributed by atoms with Gasteiger partial charge in [-0.05, 0) is 35.2 Å². The third-order valence-corrected chi connectivity index (χ3v) is 3.33. The zero-order valence-electron chi connectivity index (χ0n) is 9.42. The van der Waals surface area contributed by atoms with Crippen LogP contribution >= 0.6 is 11.3 Å². The van der Waals surface area contributed by atoms with Crippen LogP contribution in [0.4, 0.5) is 0 Å². The lowest BCUT2D eigenvalue weighted by Gasteiger charge is -2.05. The monoisotopic (exact) mass is 244 g/mol. The number of hydrogen-bond acceptors (Lipinski definition) is 3. The molecule has 17 heavy (non-hydrogen) atoms. The summed E-state index contributed by atoms with van der Waals surface area (Å²) in [4.78, 5) is 11.8. The second-order valence-corrected chi connectivity index (χ2v) is 4.37. The van der Waals surface area contributed by atoms with Crippen LogP contribution in [-0.4, -0.2) is 13.4 Å². The van der Waals surface area contributed by atoms with E-state index in [0.717, 1.165) is 28.0 Å². The van der Waals surface area contributed by atoms with Crippen LogP contribution < -0.4 is 4.74 Å². The Balaban J connectivity index is 2.40. The zero-order chi connectivity index (χ0) is 12.1. The first-order chi connectivity index (χ1) is 8.35. The van der Waals surface area contributed by atoms with Crippen molar-refractivity contribution in [2.24, 2.45) is 0 Å². The van der Waals surface area contributed by atoms with Crippen molar-refractivity contribution in [2.45, 2.75) is 0 Å². The van der Waals surface area contributed by atoms with Gasteiger partial charge in [-0.3, -0.25) is 4.79 Å². The van der Waals surface area contributed by atoms with Crippen molar-refractivity contribution in [1.82, 2.24) is 0 Å². The van der Waals surface area contributed by atoms with Crippen LogP contribution in [0.3, 0.4) is 0 Å². The molecule has 1 heterocycles. The fourth-order valence-corrected chi connectivity index (χ4v) is 2.36. The Kier molecular flexibility index (Phi) is 3.73. The highest BCUT2D eigenvalue weighted by atomic mass is 32.1. The number of rotatable bonds is 4. The number of ether oxygens (including phenoxy) is 1. The van der Waals surface area contributed by atoms with Crippen LogP contribution in [0.2, 0.25) is 0 Å². The molecular weight excluding hydrogens is 232 g/mol. The van der Waals surface area contributed by atoms with Gasteiger partial charge in [-0.15, -0.1) is 11.3 Å². The second-order valence-electron chi connectivity index (χ2n) is 3.42. The van der Waals surface area contributed by atoms with Crippen molar-refractivity contribution in [3.8, 4) is 5.75 Å². The van der Waals surface area contributed by atoms with Gasteiger partial charge in [0.15, 0.2) is 0 Å². The van der Waals surface area contributed by atoms with Crippen molar-refractivity contribution in [3.63, 3.8) is 0 Å². The number of methoxy groups -OCH3 is 1. The van der Waals surface area contributed by atoms with Crippen LogP contribution in [0, 0.1) is 0 Å². The lowest BCUT2D eigenvalue weighted by Crippen LogP contribution is -1.87. The molecule has 2 rings (SSSR count). The van der Waals surface area contributed by atoms with Gasteiger partial charge in [-0.25, -0.2) is 0 Å². The van der Waals surface area contributed by atoms with E-state index in [0.29, 0.717) is 0 Å². The number of carbonyl (C=O) groups excluding carboxylic acids is 1. The molecular formula is C14H12O2S.